The number of nitrogens with zero attached hydrogens (tertiary/aromatic N) is 3. The van der Waals surface area contributed by atoms with Gasteiger partial charge in [0.15, 0.2) is 5.82 Å². The molecule has 2 aromatic carbocycles. The largest absolute Gasteiger partial charge is 0.573 e. The summed E-state index contributed by atoms with van der Waals surface area (Å²) in [5, 5.41) is 15.0. The summed E-state index contributed by atoms with van der Waals surface area (Å²) in [7, 11) is 0. The Morgan fingerprint density at radius 2 is 1.92 bits per heavy atom. The lowest BCUT2D eigenvalue weighted by Gasteiger charge is -2.13. The first-order valence-electron chi connectivity index (χ1n) is 11.0. The highest BCUT2D eigenvalue weighted by atomic mass is 35.5. The Morgan fingerprint density at radius 3 is 2.68 bits per heavy atom. The van der Waals surface area contributed by atoms with Gasteiger partial charge in [0.25, 0.3) is 0 Å². The molecule has 0 atom stereocenters. The number of ether oxygens (including phenoxy) is 2. The summed E-state index contributed by atoms with van der Waals surface area (Å²) in [4.78, 5) is 20.2. The van der Waals surface area contributed by atoms with Gasteiger partial charge in [0.1, 0.15) is 29.1 Å². The molecule has 37 heavy (non-hydrogen) atoms. The van der Waals surface area contributed by atoms with Gasteiger partial charge in [-0.2, -0.15) is 0 Å². The minimum atomic E-state index is -4.82. The van der Waals surface area contributed by atoms with E-state index in [0.29, 0.717) is 35.6 Å². The molecule has 3 N–H and O–H groups in total. The van der Waals surface area contributed by atoms with Gasteiger partial charge in [-0.3, -0.25) is 4.79 Å². The second-order valence-corrected chi connectivity index (χ2v) is 8.09. The summed E-state index contributed by atoms with van der Waals surface area (Å²) < 4.78 is 48.9. The summed E-state index contributed by atoms with van der Waals surface area (Å²) in [5.41, 5.74) is 1.97. The Labute approximate surface area is 213 Å². The summed E-state index contributed by atoms with van der Waals surface area (Å²) in [6, 6.07) is 11.8. The van der Waals surface area contributed by atoms with Gasteiger partial charge in [-0.25, -0.2) is 9.97 Å². The third kappa shape index (κ3) is 7.02. The van der Waals surface area contributed by atoms with Crippen LogP contribution in [0.2, 0.25) is 5.02 Å². The van der Waals surface area contributed by atoms with Gasteiger partial charge in [0.05, 0.1) is 17.1 Å². The first-order chi connectivity index (χ1) is 17.7. The van der Waals surface area contributed by atoms with Gasteiger partial charge in [0.2, 0.25) is 5.91 Å². The van der Waals surface area contributed by atoms with Crippen LogP contribution in [0, 0.1) is 0 Å². The minimum Gasteiger partial charge on any atom is -0.456 e. The highest BCUT2D eigenvalue weighted by molar-refractivity contribution is 6.32. The molecule has 0 aliphatic rings. The van der Waals surface area contributed by atoms with Crippen molar-refractivity contribution in [3.05, 3.63) is 66.1 Å². The molecule has 1 amide bonds. The number of amides is 1. The number of aromatic nitrogens is 3. The zero-order chi connectivity index (χ0) is 26.4. The lowest BCUT2D eigenvalue weighted by molar-refractivity contribution is -0.274. The molecule has 0 spiro atoms. The Hall–Kier alpha value is -4.03. The molecule has 0 aliphatic carbocycles. The second kappa shape index (κ2) is 11.4. The first-order valence-corrected chi connectivity index (χ1v) is 11.4. The molecular formula is C24H21ClF3N5O4. The van der Waals surface area contributed by atoms with E-state index in [1.807, 2.05) is 16.8 Å². The second-order valence-electron chi connectivity index (χ2n) is 7.68. The average molecular weight is 536 g/mol. The third-order valence-electron chi connectivity index (χ3n) is 5.03. The van der Waals surface area contributed by atoms with E-state index in [2.05, 4.69) is 25.3 Å². The van der Waals surface area contributed by atoms with E-state index in [0.717, 1.165) is 12.1 Å². The van der Waals surface area contributed by atoms with Crippen LogP contribution in [0.25, 0.3) is 11.0 Å². The summed E-state index contributed by atoms with van der Waals surface area (Å²) in [6.45, 7) is 0.586. The van der Waals surface area contributed by atoms with Gasteiger partial charge in [-0.1, -0.05) is 17.7 Å². The highest BCUT2D eigenvalue weighted by Crippen LogP contribution is 2.35. The van der Waals surface area contributed by atoms with Crippen molar-refractivity contribution in [2.24, 2.45) is 0 Å². The molecule has 0 unspecified atom stereocenters. The van der Waals surface area contributed by atoms with Crippen LogP contribution in [0.4, 0.5) is 24.7 Å². The van der Waals surface area contributed by atoms with Gasteiger partial charge in [-0.05, 0) is 36.4 Å². The Morgan fingerprint density at radius 1 is 1.11 bits per heavy atom. The fraction of sp³-hybridized carbons (Fsp3) is 0.208. The van der Waals surface area contributed by atoms with Crippen LogP contribution >= 0.6 is 11.6 Å². The number of fused-ring (bicyclic) bond motifs is 1. The molecule has 4 rings (SSSR count). The van der Waals surface area contributed by atoms with Crippen LogP contribution in [-0.2, 0) is 11.3 Å². The van der Waals surface area contributed by atoms with Crippen molar-refractivity contribution in [2.45, 2.75) is 19.3 Å². The molecule has 0 radical (unpaired) electrons. The number of anilines is 2. The molecule has 9 nitrogen and oxygen atoms in total. The molecule has 0 fully saturated rings. The average Bonchev–Trinajstić information content (AvgIpc) is 3.24. The SMILES string of the molecule is O=C(CCO)NCCn1ccc2ncnc(Nc3ccc(Oc4cccc(OC(F)(F)F)c4)c(Cl)c3)c21. The molecule has 0 saturated heterocycles. The van der Waals surface area contributed by atoms with E-state index in [1.165, 1.54) is 18.5 Å². The van der Waals surface area contributed by atoms with Gasteiger partial charge < -0.3 is 29.8 Å². The third-order valence-corrected chi connectivity index (χ3v) is 5.32. The van der Waals surface area contributed by atoms with E-state index >= 15 is 0 Å². The van der Waals surface area contributed by atoms with E-state index in [1.54, 1.807) is 18.2 Å². The zero-order valence-electron chi connectivity index (χ0n) is 19.1. The van der Waals surface area contributed by atoms with Gasteiger partial charge in [-0.15, -0.1) is 13.2 Å². The number of aliphatic hydroxyl groups excluding tert-OH is 1. The number of aliphatic hydroxyl groups is 1. The van der Waals surface area contributed by atoms with Crippen molar-refractivity contribution in [3.63, 3.8) is 0 Å². The fourth-order valence-corrected chi connectivity index (χ4v) is 3.70. The predicted molar refractivity (Wildman–Crippen MR) is 130 cm³/mol. The van der Waals surface area contributed by atoms with E-state index in [4.69, 9.17) is 21.4 Å². The monoisotopic (exact) mass is 535 g/mol. The molecule has 0 saturated carbocycles. The molecular weight excluding hydrogens is 515 g/mol. The molecule has 2 aromatic heterocycles. The summed E-state index contributed by atoms with van der Waals surface area (Å²) in [6.07, 6.45) is -1.55. The molecule has 4 aromatic rings. The molecule has 0 aliphatic heterocycles. The molecule has 194 valence electrons. The van der Waals surface area contributed by atoms with Crippen molar-refractivity contribution in [3.8, 4) is 17.2 Å². The lowest BCUT2D eigenvalue weighted by Crippen LogP contribution is -2.27. The number of nitrogens with one attached hydrogen (secondary N) is 2. The number of hydrogen-bond acceptors (Lipinski definition) is 7. The van der Waals surface area contributed by atoms with Gasteiger partial charge in [0, 0.05) is 37.5 Å². The molecule has 0 bridgehead atoms. The number of alkyl halides is 3. The first kappa shape index (κ1) is 26.0. The quantitative estimate of drug-likeness (QED) is 0.261. The number of hydrogen-bond donors (Lipinski definition) is 3. The molecule has 13 heteroatoms. The maximum atomic E-state index is 12.5. The standard InChI is InChI=1S/C24H21ClF3N5O4/c25-18-12-15(4-5-20(18)36-16-2-1-3-17(13-16)37-24(26,27)28)32-23-22-19(30-14-31-23)6-9-33(22)10-8-29-21(35)7-11-34/h1-6,9,12-14,34H,7-8,10-11H2,(H,29,35)(H,30,31,32). The topological polar surface area (TPSA) is 111 Å². The van der Waals surface area contributed by atoms with Crippen molar-refractivity contribution in [1.82, 2.24) is 19.9 Å². The Kier molecular flexibility index (Phi) is 7.99. The fourth-order valence-electron chi connectivity index (χ4n) is 3.48. The number of carbonyl (C=O) groups is 1. The van der Waals surface area contributed by atoms with E-state index in [-0.39, 0.29) is 35.5 Å². The lowest BCUT2D eigenvalue weighted by atomic mass is 10.2. The number of benzene rings is 2. The highest BCUT2D eigenvalue weighted by Gasteiger charge is 2.31. The Balaban J connectivity index is 1.48. The minimum absolute atomic E-state index is 0.0373. The van der Waals surface area contributed by atoms with E-state index < -0.39 is 12.1 Å². The summed E-state index contributed by atoms with van der Waals surface area (Å²) >= 11 is 6.37. The van der Waals surface area contributed by atoms with Crippen molar-refractivity contribution >= 4 is 40.0 Å². The number of rotatable bonds is 10. The predicted octanol–water partition coefficient (Wildman–Crippen LogP) is 5.02. The van der Waals surface area contributed by atoms with Crippen LogP contribution < -0.4 is 20.1 Å². The molecule has 2 heterocycles. The smallest absolute Gasteiger partial charge is 0.456 e. The van der Waals surface area contributed by atoms with Gasteiger partial charge >= 0.3 is 6.36 Å². The van der Waals surface area contributed by atoms with Crippen molar-refractivity contribution in [1.29, 1.82) is 0 Å². The van der Waals surface area contributed by atoms with Crippen LogP contribution in [0.15, 0.2) is 61.1 Å². The van der Waals surface area contributed by atoms with E-state index in [9.17, 15) is 18.0 Å². The van der Waals surface area contributed by atoms with Crippen LogP contribution in [-0.4, -0.2) is 45.1 Å². The maximum Gasteiger partial charge on any atom is 0.573 e. The van der Waals surface area contributed by atoms with Crippen LogP contribution in [0.3, 0.4) is 0 Å². The number of carbonyl (C=O) groups excluding carboxylic acids is 1. The number of halogens is 4. The van der Waals surface area contributed by atoms with Crippen molar-refractivity contribution in [2.75, 3.05) is 18.5 Å². The maximum absolute atomic E-state index is 12.5. The van der Waals surface area contributed by atoms with Crippen LogP contribution in [0.1, 0.15) is 6.42 Å². The zero-order valence-corrected chi connectivity index (χ0v) is 19.9. The van der Waals surface area contributed by atoms with Crippen molar-refractivity contribution < 1.29 is 32.5 Å². The van der Waals surface area contributed by atoms with Crippen LogP contribution in [0.5, 0.6) is 17.2 Å². The summed E-state index contributed by atoms with van der Waals surface area (Å²) in [5.74, 6) is 0.184. The normalized spacial score (nSPS) is 11.4. The Bertz CT molecular complexity index is 1400.